The molecule has 0 amide bonds. The quantitative estimate of drug-likeness (QED) is 0.148. The molecule has 8 atom stereocenters. The number of ether oxygens (including phenoxy) is 5. The number of aliphatic hydroxyl groups excluding tert-OH is 2. The lowest BCUT2D eigenvalue weighted by Gasteiger charge is -2.48. The summed E-state index contributed by atoms with van der Waals surface area (Å²) in [6.07, 6.45) is -6.65. The first-order chi connectivity index (χ1) is 22.3. The van der Waals surface area contributed by atoms with E-state index in [9.17, 15) is 45.1 Å². The number of aromatic hydroxyl groups is 2. The lowest BCUT2D eigenvalue weighted by Crippen LogP contribution is -2.68. The lowest BCUT2D eigenvalue weighted by atomic mass is 9.72. The van der Waals surface area contributed by atoms with E-state index in [1.54, 1.807) is 6.92 Å². The number of nitrogens with zero attached hydrogens (tertiary/aromatic N) is 1. The fourth-order valence-corrected chi connectivity index (χ4v) is 7.36. The van der Waals surface area contributed by atoms with Gasteiger partial charge in [-0.2, -0.15) is 4.65 Å². The minimum absolute atomic E-state index is 0.00342. The molecule has 15 heteroatoms. The summed E-state index contributed by atoms with van der Waals surface area (Å²) in [7, 11) is 2.74. The summed E-state index contributed by atoms with van der Waals surface area (Å²) in [6, 6.07) is 3.48. The molecule has 2 aliphatic carbocycles. The van der Waals surface area contributed by atoms with Crippen molar-refractivity contribution in [2.75, 3.05) is 40.5 Å². The first-order valence-electron chi connectivity index (χ1n) is 15.2. The Morgan fingerprint density at radius 1 is 1.09 bits per heavy atom. The van der Waals surface area contributed by atoms with E-state index in [4.69, 9.17) is 23.7 Å². The van der Waals surface area contributed by atoms with Gasteiger partial charge < -0.3 is 49.2 Å². The lowest BCUT2D eigenvalue weighted by molar-refractivity contribution is -1.13. The fraction of sp³-hybridized carbons (Fsp3) is 0.531. The van der Waals surface area contributed by atoms with Crippen molar-refractivity contribution in [3.8, 4) is 17.2 Å². The highest BCUT2D eigenvalue weighted by Crippen LogP contribution is 2.52. The van der Waals surface area contributed by atoms with Crippen LogP contribution < -0.4 is 4.74 Å². The maximum absolute atomic E-state index is 13.9. The molecule has 2 aromatic carbocycles. The number of carbonyl (C=O) groups is 3. The third-order valence-electron chi connectivity index (χ3n) is 9.86. The topological polar surface area (TPSA) is 219 Å². The van der Waals surface area contributed by atoms with Crippen LogP contribution in [0.3, 0.4) is 0 Å². The standard InChI is InChI=1S/C32H37NO14/c1-14-27(36)17(33(42)7-8-45-22(12-33)44-3)9-21(46-14)47-19-11-32(41,20(35)13-34)10-16-24(19)31(40)26-25(29(16)38)28(37)15-5-4-6-18(43-2)23(15)30(26)39/h4-6,14,17,19,21-22,27,34,36,41-42H,7-13H2,1-3H3,(H-,37,38,39,40)/p+1/t14-,17-,19-,21-,22-,27+,32-,33?/m0/s1. The number of methoxy groups -OCH3 is 2. The second-order valence-electron chi connectivity index (χ2n) is 12.5. The van der Waals surface area contributed by atoms with Gasteiger partial charge in [0.05, 0.1) is 42.4 Å². The second kappa shape index (κ2) is 12.2. The van der Waals surface area contributed by atoms with Gasteiger partial charge in [-0.05, 0) is 13.0 Å². The normalized spacial score (nSPS) is 33.5. The Morgan fingerprint density at radius 2 is 1.81 bits per heavy atom. The number of carbonyl (C=O) groups excluding carboxylic acids is 3. The molecular formula is C32H38NO14+. The van der Waals surface area contributed by atoms with Gasteiger partial charge in [0.1, 0.15) is 48.7 Å². The van der Waals surface area contributed by atoms with Gasteiger partial charge in [0.15, 0.2) is 30.4 Å². The molecule has 1 unspecified atom stereocenters. The van der Waals surface area contributed by atoms with Crippen LogP contribution in [0.1, 0.15) is 68.8 Å². The van der Waals surface area contributed by atoms with Crippen LogP contribution in [-0.2, 0) is 30.2 Å². The number of fused-ring (bicyclic) bond motifs is 3. The number of Topliss-reactive ketones (excluding diaryl/α,β-unsaturated/α-hetero) is 1. The van der Waals surface area contributed by atoms with Crippen LogP contribution in [0, 0.1) is 0 Å². The number of hydrogen-bond acceptors (Lipinski definition) is 14. The minimum atomic E-state index is -2.31. The molecular weight excluding hydrogens is 622 g/mol. The average molecular weight is 661 g/mol. The van der Waals surface area contributed by atoms with Crippen molar-refractivity contribution in [1.82, 2.24) is 0 Å². The highest BCUT2D eigenvalue weighted by atomic mass is 16.7. The van der Waals surface area contributed by atoms with Crippen LogP contribution >= 0.6 is 0 Å². The van der Waals surface area contributed by atoms with Crippen LogP contribution in [-0.4, -0.2) is 130 Å². The zero-order chi connectivity index (χ0) is 34.0. The number of quaternary nitrogens is 1. The Labute approximate surface area is 269 Å². The molecule has 0 saturated carbocycles. The Bertz CT molecular complexity index is 1630. The van der Waals surface area contributed by atoms with Crippen molar-refractivity contribution in [2.45, 2.75) is 68.7 Å². The van der Waals surface area contributed by atoms with Gasteiger partial charge in [0.25, 0.3) is 0 Å². The van der Waals surface area contributed by atoms with E-state index in [1.807, 2.05) is 0 Å². The number of hydroxylamine groups is 3. The summed E-state index contributed by atoms with van der Waals surface area (Å²) in [5.41, 5.74) is -3.89. The second-order valence-corrected chi connectivity index (χ2v) is 12.5. The van der Waals surface area contributed by atoms with Gasteiger partial charge in [-0.1, -0.05) is 12.1 Å². The van der Waals surface area contributed by atoms with E-state index in [2.05, 4.69) is 0 Å². The van der Waals surface area contributed by atoms with Crippen molar-refractivity contribution in [3.63, 3.8) is 0 Å². The van der Waals surface area contributed by atoms with Crippen LogP contribution in [0.15, 0.2) is 18.2 Å². The third kappa shape index (κ3) is 5.31. The van der Waals surface area contributed by atoms with E-state index < -0.39 is 107 Å². The number of phenols is 2. The van der Waals surface area contributed by atoms with E-state index in [0.717, 1.165) is 0 Å². The third-order valence-corrected chi connectivity index (χ3v) is 9.86. The minimum Gasteiger partial charge on any atom is -0.507 e. The van der Waals surface area contributed by atoms with Gasteiger partial charge in [-0.3, -0.25) is 14.4 Å². The van der Waals surface area contributed by atoms with Gasteiger partial charge in [0.2, 0.25) is 12.1 Å². The number of ketones is 3. The van der Waals surface area contributed by atoms with E-state index in [0.29, 0.717) is 0 Å². The van der Waals surface area contributed by atoms with E-state index in [-0.39, 0.29) is 54.1 Å². The molecule has 47 heavy (non-hydrogen) atoms. The molecule has 2 aromatic rings. The maximum atomic E-state index is 13.9. The van der Waals surface area contributed by atoms with Crippen molar-refractivity contribution < 1.29 is 73.5 Å². The molecule has 0 radical (unpaired) electrons. The Hall–Kier alpha value is -3.51. The van der Waals surface area contributed by atoms with Crippen LogP contribution in [0.25, 0.3) is 0 Å². The molecule has 2 saturated heterocycles. The van der Waals surface area contributed by atoms with Gasteiger partial charge in [-0.25, -0.2) is 5.21 Å². The number of hydrogen-bond donors (Lipinski definition) is 6. The molecule has 254 valence electrons. The Morgan fingerprint density at radius 3 is 2.49 bits per heavy atom. The van der Waals surface area contributed by atoms with Crippen molar-refractivity contribution in [3.05, 3.63) is 51.6 Å². The van der Waals surface area contributed by atoms with Gasteiger partial charge in [0, 0.05) is 36.6 Å². The molecule has 2 heterocycles. The van der Waals surface area contributed by atoms with Crippen molar-refractivity contribution >= 4 is 17.3 Å². The predicted molar refractivity (Wildman–Crippen MR) is 156 cm³/mol. The number of aliphatic hydroxyl groups is 3. The number of phenolic OH excluding ortho intramolecular Hbond substituents is 2. The number of morpholine rings is 1. The van der Waals surface area contributed by atoms with Crippen LogP contribution in [0.5, 0.6) is 17.2 Å². The number of benzene rings is 2. The Balaban J connectivity index is 1.44. The summed E-state index contributed by atoms with van der Waals surface area (Å²) in [5, 5.41) is 67.1. The molecule has 2 aliphatic heterocycles. The van der Waals surface area contributed by atoms with Crippen LogP contribution in [0.2, 0.25) is 0 Å². The molecule has 15 nitrogen and oxygen atoms in total. The summed E-state index contributed by atoms with van der Waals surface area (Å²) in [5.74, 6) is -3.95. The average Bonchev–Trinajstić information content (AvgIpc) is 3.05. The number of rotatable bonds is 7. The van der Waals surface area contributed by atoms with Gasteiger partial charge in [-0.15, -0.1) is 0 Å². The highest BCUT2D eigenvalue weighted by Gasteiger charge is 2.54. The van der Waals surface area contributed by atoms with E-state index >= 15 is 0 Å². The first kappa shape index (κ1) is 33.4. The summed E-state index contributed by atoms with van der Waals surface area (Å²) < 4.78 is 27.7. The Kier molecular flexibility index (Phi) is 8.65. The SMILES string of the molecule is COc1cccc2c1C(=O)c1c(O)c3c(c(O)c1C2=O)C[C@@](O)(C(=O)CO)C[C@@H]3O[C@H]1C[C@H]([N+]2(O)CCO[C@H](OC)C2)[C@H](O)[C@H](C)O1. The van der Waals surface area contributed by atoms with Gasteiger partial charge >= 0.3 is 0 Å². The van der Waals surface area contributed by atoms with Crippen molar-refractivity contribution in [1.29, 1.82) is 0 Å². The van der Waals surface area contributed by atoms with Crippen LogP contribution in [0.4, 0.5) is 0 Å². The maximum Gasteiger partial charge on any atom is 0.210 e. The largest absolute Gasteiger partial charge is 0.507 e. The van der Waals surface area contributed by atoms with E-state index in [1.165, 1.54) is 32.4 Å². The summed E-state index contributed by atoms with van der Waals surface area (Å²) in [6.45, 7) is 0.781. The molecule has 0 spiro atoms. The molecule has 2 fully saturated rings. The highest BCUT2D eigenvalue weighted by molar-refractivity contribution is 6.31. The summed E-state index contributed by atoms with van der Waals surface area (Å²) >= 11 is 0. The smallest absolute Gasteiger partial charge is 0.210 e. The predicted octanol–water partition coefficient (Wildman–Crippen LogP) is 0.251. The zero-order valence-electron chi connectivity index (χ0n) is 26.0. The fourth-order valence-electron chi connectivity index (χ4n) is 7.36. The molecule has 6 rings (SSSR count). The van der Waals surface area contributed by atoms with Crippen molar-refractivity contribution in [2.24, 2.45) is 0 Å². The molecule has 4 aliphatic rings. The monoisotopic (exact) mass is 660 g/mol. The molecule has 6 N–H and O–H groups in total. The summed E-state index contributed by atoms with van der Waals surface area (Å²) in [4.78, 5) is 40.4. The molecule has 0 bridgehead atoms. The molecule has 0 aromatic heterocycles. The first-order valence-corrected chi connectivity index (χ1v) is 15.2. The zero-order valence-corrected chi connectivity index (χ0v) is 26.0.